The predicted molar refractivity (Wildman–Crippen MR) is 107 cm³/mol. The molecule has 4 aromatic rings. The van der Waals surface area contributed by atoms with Crippen LogP contribution in [0, 0.1) is 0 Å². The molecular formula is C20H13Cl2N3O2. The fraction of sp³-hybridized carbons (Fsp3) is 0. The molecule has 0 bridgehead atoms. The first kappa shape index (κ1) is 17.4. The summed E-state index contributed by atoms with van der Waals surface area (Å²) < 4.78 is 5.74. The second-order valence-electron chi connectivity index (χ2n) is 5.85. The van der Waals surface area contributed by atoms with Gasteiger partial charge in [-0.05, 0) is 42.5 Å². The van der Waals surface area contributed by atoms with Crippen molar-refractivity contribution in [3.8, 4) is 11.5 Å². The van der Waals surface area contributed by atoms with Gasteiger partial charge in [0.25, 0.3) is 0 Å². The van der Waals surface area contributed by atoms with E-state index >= 15 is 0 Å². The minimum Gasteiger partial charge on any atom is -0.457 e. The number of carbonyl (C=O) groups excluding carboxylic acids is 1. The monoisotopic (exact) mass is 397 g/mol. The molecule has 134 valence electrons. The first-order valence-corrected chi connectivity index (χ1v) is 8.78. The number of aromatic nitrogens is 2. The Kier molecular flexibility index (Phi) is 4.48. The molecule has 3 N–H and O–H groups in total. The lowest BCUT2D eigenvalue weighted by atomic mass is 10.0. The number of nitrogens with zero attached hydrogens (tertiary/aromatic N) is 1. The normalized spacial score (nSPS) is 10.9. The number of halogens is 2. The van der Waals surface area contributed by atoms with E-state index in [9.17, 15) is 4.79 Å². The third-order valence-corrected chi connectivity index (χ3v) is 4.65. The summed E-state index contributed by atoms with van der Waals surface area (Å²) in [6.07, 6.45) is 3.17. The maximum Gasteiger partial charge on any atom is 0.196 e. The van der Waals surface area contributed by atoms with Gasteiger partial charge in [-0.15, -0.1) is 0 Å². The standard InChI is InChI=1S/C20H13Cl2N3O2/c21-11-1-3-12(4-2-11)27-13-5-6-14(16(22)9-13)19(26)15-10-25-20-18(15)17(23)7-8-24-20/h1-10H,(H3,23,24,25). The number of pyridine rings is 1. The van der Waals surface area contributed by atoms with Crippen LogP contribution in [0.5, 0.6) is 11.5 Å². The van der Waals surface area contributed by atoms with Gasteiger partial charge in [-0.1, -0.05) is 23.2 Å². The smallest absolute Gasteiger partial charge is 0.196 e. The molecule has 0 aliphatic heterocycles. The molecule has 0 amide bonds. The van der Waals surface area contributed by atoms with Gasteiger partial charge in [0, 0.05) is 34.7 Å². The molecule has 2 aromatic carbocycles. The van der Waals surface area contributed by atoms with Gasteiger partial charge < -0.3 is 15.5 Å². The van der Waals surface area contributed by atoms with Crippen LogP contribution in [0.15, 0.2) is 60.9 Å². The molecule has 2 aromatic heterocycles. The van der Waals surface area contributed by atoms with Crippen LogP contribution in [0.3, 0.4) is 0 Å². The van der Waals surface area contributed by atoms with Crippen molar-refractivity contribution in [2.45, 2.75) is 0 Å². The van der Waals surface area contributed by atoms with Gasteiger partial charge in [-0.25, -0.2) is 4.98 Å². The Morgan fingerprint density at radius 3 is 2.48 bits per heavy atom. The van der Waals surface area contributed by atoms with E-state index in [0.717, 1.165) is 0 Å². The number of nitrogen functional groups attached to an aromatic ring is 1. The Morgan fingerprint density at radius 2 is 1.74 bits per heavy atom. The maximum atomic E-state index is 13.0. The number of ether oxygens (including phenoxy) is 1. The van der Waals surface area contributed by atoms with E-state index in [-0.39, 0.29) is 10.8 Å². The van der Waals surface area contributed by atoms with E-state index in [1.165, 1.54) is 0 Å². The van der Waals surface area contributed by atoms with Crippen LogP contribution >= 0.6 is 23.2 Å². The molecule has 0 atom stereocenters. The first-order chi connectivity index (χ1) is 13.0. The van der Waals surface area contributed by atoms with E-state index < -0.39 is 0 Å². The molecule has 0 spiro atoms. The van der Waals surface area contributed by atoms with Crippen molar-refractivity contribution in [2.75, 3.05) is 5.73 Å². The van der Waals surface area contributed by atoms with Crippen molar-refractivity contribution >= 4 is 45.7 Å². The zero-order chi connectivity index (χ0) is 19.0. The highest BCUT2D eigenvalue weighted by Gasteiger charge is 2.19. The van der Waals surface area contributed by atoms with Gasteiger partial charge in [0.1, 0.15) is 17.1 Å². The molecule has 5 nitrogen and oxygen atoms in total. The molecule has 0 unspecified atom stereocenters. The number of fused-ring (bicyclic) bond motifs is 1. The number of nitrogens with one attached hydrogen (secondary N) is 1. The zero-order valence-electron chi connectivity index (χ0n) is 13.9. The number of hydrogen-bond donors (Lipinski definition) is 2. The van der Waals surface area contributed by atoms with Crippen molar-refractivity contribution in [1.82, 2.24) is 9.97 Å². The van der Waals surface area contributed by atoms with E-state index in [0.29, 0.717) is 44.4 Å². The van der Waals surface area contributed by atoms with Gasteiger partial charge in [0.15, 0.2) is 5.78 Å². The maximum absolute atomic E-state index is 13.0. The molecule has 0 aliphatic carbocycles. The molecule has 0 radical (unpaired) electrons. The number of benzene rings is 2. The van der Waals surface area contributed by atoms with Crippen LogP contribution in [-0.4, -0.2) is 15.8 Å². The SMILES string of the molecule is Nc1ccnc2[nH]cc(C(=O)c3ccc(Oc4ccc(Cl)cc4)cc3Cl)c12. The molecule has 7 heteroatoms. The molecule has 0 aliphatic rings. The van der Waals surface area contributed by atoms with E-state index in [4.69, 9.17) is 33.7 Å². The van der Waals surface area contributed by atoms with Crippen molar-refractivity contribution in [3.63, 3.8) is 0 Å². The van der Waals surface area contributed by atoms with Crippen LogP contribution in [0.2, 0.25) is 10.0 Å². The average molecular weight is 398 g/mol. The Balaban J connectivity index is 1.65. The second kappa shape index (κ2) is 6.95. The summed E-state index contributed by atoms with van der Waals surface area (Å²) in [5.74, 6) is 0.882. The van der Waals surface area contributed by atoms with Crippen LogP contribution in [-0.2, 0) is 0 Å². The molecule has 4 rings (SSSR count). The third-order valence-electron chi connectivity index (χ3n) is 4.08. The Morgan fingerprint density at radius 1 is 1.00 bits per heavy atom. The lowest BCUT2D eigenvalue weighted by Gasteiger charge is -2.09. The molecular weight excluding hydrogens is 385 g/mol. The molecule has 2 heterocycles. The Labute approximate surface area is 164 Å². The summed E-state index contributed by atoms with van der Waals surface area (Å²) in [6, 6.07) is 13.5. The number of H-pyrrole nitrogens is 1. The van der Waals surface area contributed by atoms with Crippen LogP contribution in [0.25, 0.3) is 11.0 Å². The van der Waals surface area contributed by atoms with Crippen molar-refractivity contribution < 1.29 is 9.53 Å². The summed E-state index contributed by atoms with van der Waals surface area (Å²) in [6.45, 7) is 0. The summed E-state index contributed by atoms with van der Waals surface area (Å²) in [7, 11) is 0. The number of hydrogen-bond acceptors (Lipinski definition) is 4. The highest BCUT2D eigenvalue weighted by molar-refractivity contribution is 6.35. The average Bonchev–Trinajstić information content (AvgIpc) is 3.09. The van der Waals surface area contributed by atoms with Crippen molar-refractivity contribution in [2.24, 2.45) is 0 Å². The van der Waals surface area contributed by atoms with E-state index in [2.05, 4.69) is 9.97 Å². The molecule has 0 saturated heterocycles. The minimum atomic E-state index is -0.246. The van der Waals surface area contributed by atoms with Crippen LogP contribution < -0.4 is 10.5 Å². The lowest BCUT2D eigenvalue weighted by Crippen LogP contribution is -2.03. The number of carbonyl (C=O) groups is 1. The summed E-state index contributed by atoms with van der Waals surface area (Å²) in [5, 5.41) is 1.48. The highest BCUT2D eigenvalue weighted by atomic mass is 35.5. The molecule has 0 saturated carbocycles. The number of ketones is 1. The van der Waals surface area contributed by atoms with Crippen LogP contribution in [0.1, 0.15) is 15.9 Å². The van der Waals surface area contributed by atoms with Gasteiger partial charge in [0.2, 0.25) is 0 Å². The van der Waals surface area contributed by atoms with Crippen LogP contribution in [0.4, 0.5) is 5.69 Å². The fourth-order valence-corrected chi connectivity index (χ4v) is 3.17. The summed E-state index contributed by atoms with van der Waals surface area (Å²) >= 11 is 12.2. The lowest BCUT2D eigenvalue weighted by molar-refractivity contribution is 0.104. The number of nitrogens with two attached hydrogens (primary N) is 1. The zero-order valence-corrected chi connectivity index (χ0v) is 15.4. The summed E-state index contributed by atoms with van der Waals surface area (Å²) in [4.78, 5) is 20.1. The number of rotatable bonds is 4. The number of anilines is 1. The predicted octanol–water partition coefficient (Wildman–Crippen LogP) is 5.48. The Bertz CT molecular complexity index is 1150. The Hall–Kier alpha value is -3.02. The highest BCUT2D eigenvalue weighted by Crippen LogP contribution is 2.31. The topological polar surface area (TPSA) is 81.0 Å². The van der Waals surface area contributed by atoms with Gasteiger partial charge >= 0.3 is 0 Å². The number of aromatic amines is 1. The fourth-order valence-electron chi connectivity index (χ4n) is 2.79. The summed E-state index contributed by atoms with van der Waals surface area (Å²) in [5.41, 5.74) is 7.80. The minimum absolute atomic E-state index is 0.246. The van der Waals surface area contributed by atoms with Gasteiger partial charge in [-0.3, -0.25) is 4.79 Å². The van der Waals surface area contributed by atoms with Gasteiger partial charge in [-0.2, -0.15) is 0 Å². The van der Waals surface area contributed by atoms with Gasteiger partial charge in [0.05, 0.1) is 16.0 Å². The van der Waals surface area contributed by atoms with Crippen molar-refractivity contribution in [1.29, 1.82) is 0 Å². The molecule has 27 heavy (non-hydrogen) atoms. The third kappa shape index (κ3) is 3.35. The molecule has 0 fully saturated rings. The first-order valence-electron chi connectivity index (χ1n) is 8.02. The van der Waals surface area contributed by atoms with E-state index in [1.807, 2.05) is 0 Å². The quantitative estimate of drug-likeness (QED) is 0.447. The van der Waals surface area contributed by atoms with E-state index in [1.54, 1.807) is 60.9 Å². The second-order valence-corrected chi connectivity index (χ2v) is 6.70. The largest absolute Gasteiger partial charge is 0.457 e. The van der Waals surface area contributed by atoms with Crippen molar-refractivity contribution in [3.05, 3.63) is 82.1 Å².